The molecule has 3 aliphatic heterocycles. The zero-order chi connectivity index (χ0) is 39.4. The second-order valence-corrected chi connectivity index (χ2v) is 16.6. The number of halogens is 3. The van der Waals surface area contributed by atoms with Crippen LogP contribution in [0.2, 0.25) is 0 Å². The fourth-order valence-electron chi connectivity index (χ4n) is 7.74. The summed E-state index contributed by atoms with van der Waals surface area (Å²) in [6.07, 6.45) is 5.73. The van der Waals surface area contributed by atoms with Gasteiger partial charge in [0.2, 0.25) is 5.78 Å². The van der Waals surface area contributed by atoms with Gasteiger partial charge in [0.15, 0.2) is 5.82 Å². The number of hydrogen-bond acceptors (Lipinski definition) is 9. The number of carbonyl (C=O) groups excluding carboxylic acids is 2. The van der Waals surface area contributed by atoms with Gasteiger partial charge in [0, 0.05) is 80.4 Å². The minimum absolute atomic E-state index is 0.0124. The van der Waals surface area contributed by atoms with Crippen molar-refractivity contribution in [2.24, 2.45) is 5.92 Å². The molecule has 300 valence electrons. The van der Waals surface area contributed by atoms with Crippen LogP contribution in [0.4, 0.5) is 24.5 Å². The zero-order valence-corrected chi connectivity index (χ0v) is 32.3. The van der Waals surface area contributed by atoms with Crippen LogP contribution in [0.25, 0.3) is 22.2 Å². The standard InChI is InChI=1S/C40H48F3N7O5S/c1-2-3-20-55-36(51)26-47-13-10-27(11-14-47)24-48-16-18-49(19-17-48)31-6-4-28(5-7-31)29-21-32-33(23-45-40(32)44-22-29)39(52)37-34(42)8-9-35(38(37)43)46-56(53,54)50-15-12-30(41)25-50/h4-9,21-23,27,30,46H,2-3,10-20,24-26H2,1H3,(H,44,45)/t30-/m0/s1. The molecule has 5 heterocycles. The molecular weight excluding hydrogens is 748 g/mol. The number of ketones is 1. The summed E-state index contributed by atoms with van der Waals surface area (Å²) in [6, 6.07) is 11.5. The summed E-state index contributed by atoms with van der Waals surface area (Å²) in [5.74, 6) is -3.03. The smallest absolute Gasteiger partial charge is 0.320 e. The predicted molar refractivity (Wildman–Crippen MR) is 209 cm³/mol. The number of nitrogens with zero attached hydrogens (tertiary/aromatic N) is 5. The van der Waals surface area contributed by atoms with Gasteiger partial charge in [0.25, 0.3) is 0 Å². The number of alkyl halides is 1. The van der Waals surface area contributed by atoms with E-state index >= 15 is 8.78 Å². The Morgan fingerprint density at radius 2 is 1.70 bits per heavy atom. The fraction of sp³-hybridized carbons (Fsp3) is 0.475. The number of aromatic nitrogens is 2. The average molecular weight is 796 g/mol. The van der Waals surface area contributed by atoms with Gasteiger partial charge < -0.3 is 14.6 Å². The lowest BCUT2D eigenvalue weighted by Crippen LogP contribution is -2.49. The molecule has 16 heteroatoms. The molecule has 2 aromatic carbocycles. The molecule has 2 N–H and O–H groups in total. The Labute approximate surface area is 325 Å². The Bertz CT molecular complexity index is 2140. The van der Waals surface area contributed by atoms with Crippen LogP contribution in [0, 0.1) is 17.6 Å². The van der Waals surface area contributed by atoms with Gasteiger partial charge in [0.1, 0.15) is 17.6 Å². The van der Waals surface area contributed by atoms with Crippen LogP contribution in [-0.4, -0.2) is 122 Å². The molecule has 0 saturated carbocycles. The molecule has 3 saturated heterocycles. The van der Waals surface area contributed by atoms with Gasteiger partial charge in [0.05, 0.1) is 24.4 Å². The van der Waals surface area contributed by atoms with Crippen LogP contribution >= 0.6 is 0 Å². The molecule has 0 amide bonds. The molecule has 0 radical (unpaired) electrons. The average Bonchev–Trinajstić information content (AvgIpc) is 3.84. The third-order valence-electron chi connectivity index (χ3n) is 11.0. The minimum Gasteiger partial charge on any atom is -0.465 e. The van der Waals surface area contributed by atoms with Crippen molar-refractivity contribution in [3.63, 3.8) is 0 Å². The Hall–Kier alpha value is -4.51. The number of H-pyrrole nitrogens is 1. The number of rotatable bonds is 14. The monoisotopic (exact) mass is 795 g/mol. The number of piperazine rings is 1. The van der Waals surface area contributed by atoms with Gasteiger partial charge in [-0.15, -0.1) is 0 Å². The lowest BCUT2D eigenvalue weighted by molar-refractivity contribution is -0.145. The molecule has 3 fully saturated rings. The summed E-state index contributed by atoms with van der Waals surface area (Å²) < 4.78 is 78.2. The summed E-state index contributed by atoms with van der Waals surface area (Å²) in [5, 5.41) is 0.346. The summed E-state index contributed by atoms with van der Waals surface area (Å²) >= 11 is 0. The highest BCUT2D eigenvalue weighted by Gasteiger charge is 2.33. The highest BCUT2D eigenvalue weighted by molar-refractivity contribution is 7.90. The summed E-state index contributed by atoms with van der Waals surface area (Å²) in [4.78, 5) is 40.2. The van der Waals surface area contributed by atoms with E-state index in [4.69, 9.17) is 4.74 Å². The number of benzene rings is 2. The first kappa shape index (κ1) is 39.7. The number of hydrogen-bond donors (Lipinski definition) is 2. The molecule has 0 aliphatic carbocycles. The van der Waals surface area contributed by atoms with Crippen molar-refractivity contribution in [3.05, 3.63) is 77.6 Å². The van der Waals surface area contributed by atoms with Gasteiger partial charge >= 0.3 is 16.2 Å². The molecule has 56 heavy (non-hydrogen) atoms. The second kappa shape index (κ2) is 17.3. The van der Waals surface area contributed by atoms with Crippen molar-refractivity contribution in [3.8, 4) is 11.1 Å². The second-order valence-electron chi connectivity index (χ2n) is 14.9. The van der Waals surface area contributed by atoms with Crippen LogP contribution < -0.4 is 9.62 Å². The molecule has 0 unspecified atom stereocenters. The van der Waals surface area contributed by atoms with Gasteiger partial charge in [-0.1, -0.05) is 25.5 Å². The molecule has 0 spiro atoms. The van der Waals surface area contributed by atoms with Gasteiger partial charge in [-0.25, -0.2) is 18.2 Å². The van der Waals surface area contributed by atoms with Crippen molar-refractivity contribution < 1.29 is 35.9 Å². The van der Waals surface area contributed by atoms with Crippen LogP contribution in [0.15, 0.2) is 54.9 Å². The van der Waals surface area contributed by atoms with Crippen LogP contribution in [-0.2, 0) is 19.7 Å². The summed E-state index contributed by atoms with van der Waals surface area (Å²) in [5.41, 5.74) is 1.39. The van der Waals surface area contributed by atoms with E-state index in [0.717, 1.165) is 99.2 Å². The molecule has 3 aliphatic rings. The van der Waals surface area contributed by atoms with E-state index < -0.39 is 45.0 Å². The SMILES string of the molecule is CCCCOC(=O)CN1CCC(CN2CCN(c3ccc(-c4cnc5[nH]cc(C(=O)c6c(F)ccc(NS(=O)(=O)N7CC[C@H](F)C7)c6F)c5c4)cc3)CC2)CC1. The number of likely N-dealkylation sites (tertiary alicyclic amines) is 1. The number of anilines is 2. The lowest BCUT2D eigenvalue weighted by atomic mass is 9.96. The Morgan fingerprint density at radius 3 is 2.39 bits per heavy atom. The Morgan fingerprint density at radius 1 is 0.946 bits per heavy atom. The molecular formula is C40H48F3N7O5S. The lowest BCUT2D eigenvalue weighted by Gasteiger charge is -2.39. The van der Waals surface area contributed by atoms with Crippen LogP contribution in [0.5, 0.6) is 0 Å². The van der Waals surface area contributed by atoms with Crippen molar-refractivity contribution in [2.75, 3.05) is 81.7 Å². The number of unbranched alkanes of at least 4 members (excludes halogenated alkanes) is 1. The van der Waals surface area contributed by atoms with E-state index in [9.17, 15) is 22.4 Å². The fourth-order valence-corrected chi connectivity index (χ4v) is 9.01. The predicted octanol–water partition coefficient (Wildman–Crippen LogP) is 5.62. The molecule has 2 aromatic heterocycles. The van der Waals surface area contributed by atoms with E-state index in [1.807, 2.05) is 16.9 Å². The molecule has 4 aromatic rings. The number of nitrogens with one attached hydrogen (secondary N) is 2. The van der Waals surface area contributed by atoms with Gasteiger partial charge in [-0.05, 0) is 80.6 Å². The number of ether oxygens (including phenoxy) is 1. The van der Waals surface area contributed by atoms with Crippen molar-refractivity contribution in [2.45, 2.75) is 45.2 Å². The Balaban J connectivity index is 0.957. The normalized spacial score (nSPS) is 19.1. The topological polar surface area (TPSA) is 131 Å². The van der Waals surface area contributed by atoms with Crippen molar-refractivity contribution >= 4 is 44.4 Å². The third-order valence-corrected chi connectivity index (χ3v) is 12.5. The third kappa shape index (κ3) is 9.03. The van der Waals surface area contributed by atoms with E-state index in [1.54, 1.807) is 12.3 Å². The van der Waals surface area contributed by atoms with Gasteiger partial charge in [-0.3, -0.25) is 24.1 Å². The number of aromatic amines is 1. The van der Waals surface area contributed by atoms with E-state index in [0.29, 0.717) is 35.7 Å². The number of pyridine rings is 1. The first-order valence-corrected chi connectivity index (χ1v) is 20.8. The maximum Gasteiger partial charge on any atom is 0.320 e. The minimum atomic E-state index is -4.34. The molecule has 1 atom stereocenters. The number of piperidine rings is 1. The van der Waals surface area contributed by atoms with Crippen LogP contribution in [0.3, 0.4) is 0 Å². The molecule has 7 rings (SSSR count). The van der Waals surface area contributed by atoms with Crippen molar-refractivity contribution in [1.82, 2.24) is 24.1 Å². The highest BCUT2D eigenvalue weighted by atomic mass is 32.2. The maximum atomic E-state index is 15.7. The van der Waals surface area contributed by atoms with Gasteiger partial charge in [-0.2, -0.15) is 12.7 Å². The molecule has 0 bridgehead atoms. The van der Waals surface area contributed by atoms with E-state index in [-0.39, 0.29) is 31.0 Å². The number of carbonyl (C=O) groups is 2. The summed E-state index contributed by atoms with van der Waals surface area (Å²) in [7, 11) is -4.34. The first-order chi connectivity index (χ1) is 27.0. The Kier molecular flexibility index (Phi) is 12.3. The maximum absolute atomic E-state index is 15.7. The highest BCUT2D eigenvalue weighted by Crippen LogP contribution is 2.31. The van der Waals surface area contributed by atoms with Crippen LogP contribution in [0.1, 0.15) is 54.9 Å². The summed E-state index contributed by atoms with van der Waals surface area (Å²) in [6.45, 7) is 9.13. The first-order valence-electron chi connectivity index (χ1n) is 19.4. The quantitative estimate of drug-likeness (QED) is 0.0950. The number of fused-ring (bicyclic) bond motifs is 1. The van der Waals surface area contributed by atoms with Crippen molar-refractivity contribution in [1.29, 1.82) is 0 Å². The largest absolute Gasteiger partial charge is 0.465 e. The number of esters is 1. The zero-order valence-electron chi connectivity index (χ0n) is 31.5. The van der Waals surface area contributed by atoms with E-state index in [2.05, 4.69) is 43.7 Å². The molecule has 12 nitrogen and oxygen atoms in total. The van der Waals surface area contributed by atoms with E-state index in [1.165, 1.54) is 6.20 Å².